The molecular formula is C12H10ClN3O2. The maximum atomic E-state index is 11.9. The van der Waals surface area contributed by atoms with Crippen LogP contribution in [0.2, 0.25) is 5.02 Å². The molecule has 0 aliphatic heterocycles. The molecule has 6 heteroatoms. The minimum atomic E-state index is -0.471. The maximum Gasteiger partial charge on any atom is 0.259 e. The van der Waals surface area contributed by atoms with Gasteiger partial charge < -0.3 is 16.2 Å². The molecule has 0 aliphatic rings. The number of carbonyl (C=O) groups is 1. The zero-order chi connectivity index (χ0) is 13.1. The van der Waals surface area contributed by atoms with Crippen LogP contribution in [0.1, 0.15) is 10.4 Å². The van der Waals surface area contributed by atoms with Crippen molar-refractivity contribution in [2.75, 3.05) is 11.1 Å². The van der Waals surface area contributed by atoms with E-state index < -0.39 is 5.91 Å². The number of pyridine rings is 1. The third-order valence-corrected chi connectivity index (χ3v) is 2.60. The average molecular weight is 264 g/mol. The number of nitrogens with two attached hydrogens (primary N) is 1. The molecule has 1 heterocycles. The number of carbonyl (C=O) groups excluding carboxylic acids is 1. The van der Waals surface area contributed by atoms with Crippen LogP contribution in [0.3, 0.4) is 0 Å². The molecule has 2 rings (SSSR count). The van der Waals surface area contributed by atoms with E-state index in [1.165, 1.54) is 24.5 Å². The summed E-state index contributed by atoms with van der Waals surface area (Å²) in [5, 5.41) is 12.4. The molecule has 1 amide bonds. The van der Waals surface area contributed by atoms with Gasteiger partial charge in [0.1, 0.15) is 5.75 Å². The van der Waals surface area contributed by atoms with Gasteiger partial charge in [-0.25, -0.2) is 0 Å². The van der Waals surface area contributed by atoms with Gasteiger partial charge in [0.2, 0.25) is 0 Å². The topological polar surface area (TPSA) is 88.2 Å². The summed E-state index contributed by atoms with van der Waals surface area (Å²) < 4.78 is 0. The van der Waals surface area contributed by atoms with Crippen molar-refractivity contribution in [1.29, 1.82) is 0 Å². The number of nitrogens with one attached hydrogen (secondary N) is 1. The molecule has 18 heavy (non-hydrogen) atoms. The van der Waals surface area contributed by atoms with E-state index in [9.17, 15) is 9.90 Å². The van der Waals surface area contributed by atoms with Crippen LogP contribution in [0.25, 0.3) is 0 Å². The molecule has 2 aromatic rings. The molecule has 0 spiro atoms. The molecule has 92 valence electrons. The summed E-state index contributed by atoms with van der Waals surface area (Å²) in [5.41, 5.74) is 6.60. The zero-order valence-electron chi connectivity index (χ0n) is 9.22. The number of hydrogen-bond donors (Lipinski definition) is 3. The predicted octanol–water partition coefficient (Wildman–Crippen LogP) is 2.28. The first-order valence-corrected chi connectivity index (χ1v) is 5.45. The fraction of sp³-hybridized carbons (Fsp3) is 0. The summed E-state index contributed by atoms with van der Waals surface area (Å²) in [5.74, 6) is -0.664. The Labute approximate surface area is 108 Å². The van der Waals surface area contributed by atoms with Gasteiger partial charge in [-0.15, -0.1) is 0 Å². The monoisotopic (exact) mass is 263 g/mol. The summed E-state index contributed by atoms with van der Waals surface area (Å²) in [6.07, 6.45) is 2.61. The van der Waals surface area contributed by atoms with E-state index in [1.807, 2.05) is 0 Å². The quantitative estimate of drug-likeness (QED) is 0.725. The SMILES string of the molecule is Nc1ccc(NC(=O)c2ccncc2O)c(Cl)c1. The molecule has 0 saturated heterocycles. The number of anilines is 2. The Balaban J connectivity index is 2.24. The molecule has 1 aromatic carbocycles. The van der Waals surface area contributed by atoms with Gasteiger partial charge in [0, 0.05) is 11.9 Å². The molecule has 4 N–H and O–H groups in total. The number of aromatic hydroxyl groups is 1. The van der Waals surface area contributed by atoms with Crippen molar-refractivity contribution < 1.29 is 9.90 Å². The van der Waals surface area contributed by atoms with Crippen LogP contribution in [-0.2, 0) is 0 Å². The van der Waals surface area contributed by atoms with E-state index in [0.29, 0.717) is 16.4 Å². The molecule has 0 atom stereocenters. The molecule has 0 fully saturated rings. The summed E-state index contributed by atoms with van der Waals surface area (Å²) in [4.78, 5) is 15.6. The van der Waals surface area contributed by atoms with Gasteiger partial charge in [-0.05, 0) is 24.3 Å². The van der Waals surface area contributed by atoms with E-state index in [-0.39, 0.29) is 11.3 Å². The first-order valence-electron chi connectivity index (χ1n) is 5.07. The lowest BCUT2D eigenvalue weighted by molar-refractivity contribution is 0.102. The maximum absolute atomic E-state index is 11.9. The minimum Gasteiger partial charge on any atom is -0.505 e. The lowest BCUT2D eigenvalue weighted by Crippen LogP contribution is -2.12. The number of amides is 1. The van der Waals surface area contributed by atoms with Crippen molar-refractivity contribution in [1.82, 2.24) is 4.98 Å². The van der Waals surface area contributed by atoms with Crippen molar-refractivity contribution in [2.24, 2.45) is 0 Å². The Bertz CT molecular complexity index is 602. The van der Waals surface area contributed by atoms with Crippen LogP contribution in [0.4, 0.5) is 11.4 Å². The van der Waals surface area contributed by atoms with Crippen molar-refractivity contribution in [3.05, 3.63) is 47.2 Å². The van der Waals surface area contributed by atoms with Crippen molar-refractivity contribution in [3.63, 3.8) is 0 Å². The average Bonchev–Trinajstić information content (AvgIpc) is 2.33. The molecular weight excluding hydrogens is 254 g/mol. The number of aromatic nitrogens is 1. The Kier molecular flexibility index (Phi) is 3.34. The van der Waals surface area contributed by atoms with E-state index in [4.69, 9.17) is 17.3 Å². The Morgan fingerprint density at radius 3 is 2.83 bits per heavy atom. The second-order valence-corrected chi connectivity index (χ2v) is 3.99. The first kappa shape index (κ1) is 12.2. The number of hydrogen-bond acceptors (Lipinski definition) is 4. The highest BCUT2D eigenvalue weighted by atomic mass is 35.5. The zero-order valence-corrected chi connectivity index (χ0v) is 9.98. The Morgan fingerprint density at radius 1 is 1.39 bits per heavy atom. The molecule has 0 radical (unpaired) electrons. The minimum absolute atomic E-state index is 0.123. The smallest absolute Gasteiger partial charge is 0.259 e. The fourth-order valence-corrected chi connectivity index (χ4v) is 1.64. The second kappa shape index (κ2) is 4.93. The number of halogens is 1. The van der Waals surface area contributed by atoms with E-state index in [0.717, 1.165) is 0 Å². The van der Waals surface area contributed by atoms with Crippen molar-refractivity contribution >= 4 is 28.9 Å². The van der Waals surface area contributed by atoms with Crippen LogP contribution < -0.4 is 11.1 Å². The standard InChI is InChI=1S/C12H10ClN3O2/c13-9-5-7(14)1-2-10(9)16-12(18)8-3-4-15-6-11(8)17/h1-6,17H,14H2,(H,16,18). The normalized spacial score (nSPS) is 10.1. The van der Waals surface area contributed by atoms with Gasteiger partial charge in [0.25, 0.3) is 5.91 Å². The Morgan fingerprint density at radius 2 is 2.17 bits per heavy atom. The third-order valence-electron chi connectivity index (χ3n) is 2.29. The van der Waals surface area contributed by atoms with E-state index in [1.54, 1.807) is 12.1 Å². The lowest BCUT2D eigenvalue weighted by atomic mass is 10.2. The van der Waals surface area contributed by atoms with Crippen LogP contribution >= 0.6 is 11.6 Å². The van der Waals surface area contributed by atoms with Crippen LogP contribution in [0.15, 0.2) is 36.7 Å². The molecule has 0 bridgehead atoms. The lowest BCUT2D eigenvalue weighted by Gasteiger charge is -2.08. The summed E-state index contributed by atoms with van der Waals surface area (Å²) in [6, 6.07) is 6.15. The van der Waals surface area contributed by atoms with Gasteiger partial charge in [-0.2, -0.15) is 0 Å². The van der Waals surface area contributed by atoms with E-state index >= 15 is 0 Å². The highest BCUT2D eigenvalue weighted by Gasteiger charge is 2.12. The number of nitrogen functional groups attached to an aromatic ring is 1. The first-order chi connectivity index (χ1) is 8.58. The van der Waals surface area contributed by atoms with Crippen molar-refractivity contribution in [3.8, 4) is 5.75 Å². The van der Waals surface area contributed by atoms with Crippen LogP contribution in [0, 0.1) is 0 Å². The van der Waals surface area contributed by atoms with Gasteiger partial charge in [0.05, 0.1) is 22.5 Å². The fourth-order valence-electron chi connectivity index (χ4n) is 1.40. The number of benzene rings is 1. The molecule has 0 aliphatic carbocycles. The number of nitrogens with zero attached hydrogens (tertiary/aromatic N) is 1. The largest absolute Gasteiger partial charge is 0.505 e. The van der Waals surface area contributed by atoms with Gasteiger partial charge in [-0.3, -0.25) is 9.78 Å². The molecule has 5 nitrogen and oxygen atoms in total. The van der Waals surface area contributed by atoms with E-state index in [2.05, 4.69) is 10.3 Å². The molecule has 0 unspecified atom stereocenters. The number of rotatable bonds is 2. The summed E-state index contributed by atoms with van der Waals surface area (Å²) in [7, 11) is 0. The molecule has 1 aromatic heterocycles. The van der Waals surface area contributed by atoms with Gasteiger partial charge in [0.15, 0.2) is 0 Å². The Hall–Kier alpha value is -2.27. The molecule has 0 saturated carbocycles. The summed E-state index contributed by atoms with van der Waals surface area (Å²) >= 11 is 5.93. The second-order valence-electron chi connectivity index (χ2n) is 3.59. The highest BCUT2D eigenvalue weighted by Crippen LogP contribution is 2.25. The van der Waals surface area contributed by atoms with Gasteiger partial charge >= 0.3 is 0 Å². The predicted molar refractivity (Wildman–Crippen MR) is 69.7 cm³/mol. The highest BCUT2D eigenvalue weighted by molar-refractivity contribution is 6.34. The summed E-state index contributed by atoms with van der Waals surface area (Å²) in [6.45, 7) is 0. The third kappa shape index (κ3) is 2.52. The van der Waals surface area contributed by atoms with Gasteiger partial charge in [-0.1, -0.05) is 11.6 Å². The van der Waals surface area contributed by atoms with Crippen molar-refractivity contribution in [2.45, 2.75) is 0 Å². The van der Waals surface area contributed by atoms with Crippen LogP contribution in [-0.4, -0.2) is 16.0 Å². The van der Waals surface area contributed by atoms with Crippen LogP contribution in [0.5, 0.6) is 5.75 Å².